The average molecular weight is 419 g/mol. The molecule has 0 aliphatic heterocycles. The van der Waals surface area contributed by atoms with E-state index >= 15 is 0 Å². The lowest BCUT2D eigenvalue weighted by Crippen LogP contribution is -2.92. The van der Waals surface area contributed by atoms with Gasteiger partial charge in [0, 0.05) is 25.2 Å². The molecule has 0 unspecified atom stereocenters. The minimum atomic E-state index is -3.45. The lowest BCUT2D eigenvalue weighted by Gasteiger charge is -2.19. The molecule has 0 spiro atoms. The molecular weight excluding hydrogens is 386 g/mol. The van der Waals surface area contributed by atoms with Gasteiger partial charge in [-0.05, 0) is 31.5 Å². The van der Waals surface area contributed by atoms with E-state index in [0.29, 0.717) is 24.5 Å². The van der Waals surface area contributed by atoms with Crippen LogP contribution in [0.2, 0.25) is 0 Å². The number of hydrogen-bond donors (Lipinski definition) is 2. The van der Waals surface area contributed by atoms with Crippen molar-refractivity contribution in [2.24, 2.45) is 0 Å². The second-order valence-corrected chi connectivity index (χ2v) is 9.07. The molecule has 0 radical (unpaired) electrons. The molecule has 158 valence electrons. The van der Waals surface area contributed by atoms with Crippen LogP contribution in [0.15, 0.2) is 59.5 Å². The Morgan fingerprint density at radius 1 is 1.00 bits per heavy atom. The van der Waals surface area contributed by atoms with Gasteiger partial charge >= 0.3 is 0 Å². The maximum absolute atomic E-state index is 12.6. The van der Waals surface area contributed by atoms with Crippen LogP contribution in [-0.4, -0.2) is 37.8 Å². The van der Waals surface area contributed by atoms with Crippen LogP contribution < -0.4 is 10.6 Å². The third-order valence-corrected chi connectivity index (χ3v) is 7.11. The fourth-order valence-electron chi connectivity index (χ4n) is 3.23. The van der Waals surface area contributed by atoms with Crippen LogP contribution in [0.5, 0.6) is 0 Å². The van der Waals surface area contributed by atoms with Gasteiger partial charge in [0.1, 0.15) is 6.04 Å². The molecule has 1 amide bonds. The van der Waals surface area contributed by atoms with Gasteiger partial charge in [0.25, 0.3) is 5.91 Å². The summed E-state index contributed by atoms with van der Waals surface area (Å²) >= 11 is 0. The highest BCUT2D eigenvalue weighted by Gasteiger charge is 2.23. The number of quaternary nitrogens is 1. The fraction of sp³-hybridized carbons (Fsp3) is 0.409. The van der Waals surface area contributed by atoms with E-state index in [1.165, 1.54) is 4.31 Å². The van der Waals surface area contributed by atoms with E-state index in [1.54, 1.807) is 12.1 Å². The lowest BCUT2D eigenvalue weighted by atomic mass is 10.1. The van der Waals surface area contributed by atoms with Crippen LogP contribution in [0.25, 0.3) is 0 Å². The Morgan fingerprint density at radius 2 is 1.59 bits per heavy atom. The van der Waals surface area contributed by atoms with Crippen LogP contribution in [0.1, 0.15) is 44.9 Å². The molecule has 2 atom stereocenters. The summed E-state index contributed by atoms with van der Waals surface area (Å²) in [5.74, 6) is -0.0264. The van der Waals surface area contributed by atoms with Gasteiger partial charge in [0.15, 0.2) is 6.04 Å². The standard InChI is InChI=1S/C22H31N3O3S/c1-5-25(6-2)29(27,28)21-14-12-20(13-15-21)17(3)24-18(4)22(26)23-16-19-10-8-7-9-11-19/h7-15,17-18,24H,5-6,16H2,1-4H3,(H,23,26)/p+1/t17-,18+/m0/s1. The highest BCUT2D eigenvalue weighted by molar-refractivity contribution is 7.89. The Kier molecular flexibility index (Phi) is 8.37. The molecule has 2 aromatic carbocycles. The van der Waals surface area contributed by atoms with Gasteiger partial charge in [-0.1, -0.05) is 56.3 Å². The van der Waals surface area contributed by atoms with Crippen molar-refractivity contribution < 1.29 is 18.5 Å². The number of carbonyl (C=O) groups excluding carboxylic acids is 1. The zero-order chi connectivity index (χ0) is 21.4. The molecule has 0 saturated carbocycles. The zero-order valence-electron chi connectivity index (χ0n) is 17.6. The number of carbonyl (C=O) groups is 1. The molecule has 6 nitrogen and oxygen atoms in total. The molecule has 2 aromatic rings. The predicted molar refractivity (Wildman–Crippen MR) is 115 cm³/mol. The van der Waals surface area contributed by atoms with Crippen LogP contribution in [-0.2, 0) is 21.4 Å². The summed E-state index contributed by atoms with van der Waals surface area (Å²) in [6.45, 7) is 8.93. The molecule has 0 heterocycles. The molecule has 2 rings (SSSR count). The van der Waals surface area contributed by atoms with Crippen molar-refractivity contribution in [3.63, 3.8) is 0 Å². The quantitative estimate of drug-likeness (QED) is 0.619. The number of sulfonamides is 1. The second kappa shape index (κ2) is 10.5. The maximum Gasteiger partial charge on any atom is 0.278 e. The first-order chi connectivity index (χ1) is 13.8. The first-order valence-corrected chi connectivity index (χ1v) is 11.5. The van der Waals surface area contributed by atoms with Gasteiger partial charge in [-0.3, -0.25) is 4.79 Å². The van der Waals surface area contributed by atoms with E-state index in [-0.39, 0.29) is 18.0 Å². The lowest BCUT2D eigenvalue weighted by molar-refractivity contribution is -0.710. The van der Waals surface area contributed by atoms with Gasteiger partial charge < -0.3 is 10.6 Å². The van der Waals surface area contributed by atoms with Crippen LogP contribution in [0.3, 0.4) is 0 Å². The van der Waals surface area contributed by atoms with Crippen molar-refractivity contribution in [2.75, 3.05) is 13.1 Å². The molecule has 0 bridgehead atoms. The first-order valence-electron chi connectivity index (χ1n) is 10.1. The molecule has 0 saturated heterocycles. The van der Waals surface area contributed by atoms with Gasteiger partial charge in [-0.15, -0.1) is 0 Å². The molecule has 0 aliphatic rings. The first kappa shape index (κ1) is 23.1. The Balaban J connectivity index is 1.96. The number of nitrogens with zero attached hydrogens (tertiary/aromatic N) is 1. The highest BCUT2D eigenvalue weighted by Crippen LogP contribution is 2.18. The molecular formula is C22H32N3O3S+. The smallest absolute Gasteiger partial charge is 0.278 e. The topological polar surface area (TPSA) is 83.1 Å². The predicted octanol–water partition coefficient (Wildman–Crippen LogP) is 2.05. The van der Waals surface area contributed by atoms with Crippen molar-refractivity contribution >= 4 is 15.9 Å². The van der Waals surface area contributed by atoms with E-state index in [0.717, 1.165) is 11.1 Å². The zero-order valence-corrected chi connectivity index (χ0v) is 18.4. The number of hydrogen-bond acceptors (Lipinski definition) is 3. The van der Waals surface area contributed by atoms with Crippen LogP contribution in [0, 0.1) is 0 Å². The van der Waals surface area contributed by atoms with E-state index in [4.69, 9.17) is 0 Å². The van der Waals surface area contributed by atoms with Crippen LogP contribution in [0.4, 0.5) is 0 Å². The fourth-order valence-corrected chi connectivity index (χ4v) is 4.69. The number of benzene rings is 2. The summed E-state index contributed by atoms with van der Waals surface area (Å²) < 4.78 is 26.6. The summed E-state index contributed by atoms with van der Waals surface area (Å²) in [7, 11) is -3.45. The van der Waals surface area contributed by atoms with Crippen molar-refractivity contribution in [1.29, 1.82) is 0 Å². The summed E-state index contributed by atoms with van der Waals surface area (Å²) in [6.07, 6.45) is 0. The van der Waals surface area contributed by atoms with Crippen molar-refractivity contribution in [2.45, 2.75) is 51.2 Å². The third kappa shape index (κ3) is 6.13. The molecule has 0 aliphatic carbocycles. The van der Waals surface area contributed by atoms with Crippen molar-refractivity contribution in [3.05, 3.63) is 65.7 Å². The second-order valence-electron chi connectivity index (χ2n) is 7.13. The number of rotatable bonds is 10. The molecule has 29 heavy (non-hydrogen) atoms. The number of nitrogens with one attached hydrogen (secondary N) is 1. The van der Waals surface area contributed by atoms with Crippen molar-refractivity contribution in [3.8, 4) is 0 Å². The SMILES string of the molecule is CCN(CC)S(=O)(=O)c1ccc([C@H](C)[NH2+][C@H](C)C(=O)NCc2ccccc2)cc1. The van der Waals surface area contributed by atoms with Crippen molar-refractivity contribution in [1.82, 2.24) is 9.62 Å². The minimum Gasteiger partial charge on any atom is -0.347 e. The Labute approximate surface area is 174 Å². The van der Waals surface area contributed by atoms with Gasteiger partial charge in [0.05, 0.1) is 4.90 Å². The monoisotopic (exact) mass is 418 g/mol. The van der Waals surface area contributed by atoms with E-state index in [9.17, 15) is 13.2 Å². The summed E-state index contributed by atoms with van der Waals surface area (Å²) in [4.78, 5) is 12.7. The molecule has 7 heteroatoms. The summed E-state index contributed by atoms with van der Waals surface area (Å²) in [5, 5.41) is 4.94. The Morgan fingerprint density at radius 3 is 2.14 bits per heavy atom. The largest absolute Gasteiger partial charge is 0.347 e. The summed E-state index contributed by atoms with van der Waals surface area (Å²) in [5.41, 5.74) is 2.04. The van der Waals surface area contributed by atoms with E-state index in [2.05, 4.69) is 5.32 Å². The normalized spacial score (nSPS) is 13.8. The molecule has 0 fully saturated rings. The van der Waals surface area contributed by atoms with Gasteiger partial charge in [0.2, 0.25) is 10.0 Å². The molecule has 3 N–H and O–H groups in total. The number of nitrogens with two attached hydrogens (primary N) is 1. The average Bonchev–Trinajstić information content (AvgIpc) is 2.73. The Hall–Kier alpha value is -2.22. The Bertz CT molecular complexity index is 879. The van der Waals surface area contributed by atoms with Crippen LogP contribution >= 0.6 is 0 Å². The maximum atomic E-state index is 12.6. The highest BCUT2D eigenvalue weighted by atomic mass is 32.2. The summed E-state index contributed by atoms with van der Waals surface area (Å²) in [6, 6.07) is 16.5. The minimum absolute atomic E-state index is 0.0256. The van der Waals surface area contributed by atoms with E-state index < -0.39 is 10.0 Å². The number of amides is 1. The third-order valence-electron chi connectivity index (χ3n) is 5.05. The van der Waals surface area contributed by atoms with E-state index in [1.807, 2.05) is 75.5 Å². The van der Waals surface area contributed by atoms with Gasteiger partial charge in [-0.2, -0.15) is 4.31 Å². The molecule has 0 aromatic heterocycles. The van der Waals surface area contributed by atoms with Gasteiger partial charge in [-0.25, -0.2) is 8.42 Å².